The van der Waals surface area contributed by atoms with Gasteiger partial charge < -0.3 is 5.32 Å². The maximum Gasteiger partial charge on any atom is 0.253 e. The van der Waals surface area contributed by atoms with Crippen molar-refractivity contribution in [2.24, 2.45) is 0 Å². The van der Waals surface area contributed by atoms with Crippen LogP contribution in [0.1, 0.15) is 10.4 Å². The molecule has 0 atom stereocenters. The number of benzene rings is 1. The van der Waals surface area contributed by atoms with Crippen LogP contribution in [-0.2, 0) is 0 Å². The molecule has 1 N–H and O–H groups in total. The molecule has 0 aliphatic rings. The Balaban J connectivity index is 2.87. The molecule has 0 saturated carbocycles. The van der Waals surface area contributed by atoms with Crippen LogP contribution in [0.5, 0.6) is 0 Å². The lowest BCUT2D eigenvalue weighted by Gasteiger charge is -2.02. The lowest BCUT2D eigenvalue weighted by molar-refractivity contribution is 0.0959. The first-order valence-electron chi connectivity index (χ1n) is 3.34. The van der Waals surface area contributed by atoms with Gasteiger partial charge in [-0.25, -0.2) is 0 Å². The molecule has 2 nitrogen and oxygen atoms in total. The number of carbonyl (C=O) groups excluding carboxylic acids is 1. The van der Waals surface area contributed by atoms with Gasteiger partial charge in [0.1, 0.15) is 0 Å². The summed E-state index contributed by atoms with van der Waals surface area (Å²) in [6.07, 6.45) is 0. The summed E-state index contributed by atoms with van der Waals surface area (Å²) in [7, 11) is 0. The molecule has 4 heteroatoms. The highest BCUT2D eigenvalue weighted by atomic mass is 79.9. The van der Waals surface area contributed by atoms with Gasteiger partial charge in [0.05, 0.1) is 11.6 Å². The molecule has 0 fully saturated rings. The van der Waals surface area contributed by atoms with Crippen LogP contribution in [-0.4, -0.2) is 11.9 Å². The largest absolute Gasteiger partial charge is 0.338 e. The van der Waals surface area contributed by atoms with E-state index in [-0.39, 0.29) is 11.9 Å². The Morgan fingerprint density at radius 1 is 1.50 bits per heavy atom. The standard InChI is InChI=1S/C8H7BrClNO/c9-7-4-2-1-3-6(7)8(12)11-5-10/h1-4H,5H2,(H,11,12). The van der Waals surface area contributed by atoms with Crippen molar-refractivity contribution in [2.75, 3.05) is 6.00 Å². The van der Waals surface area contributed by atoms with E-state index < -0.39 is 0 Å². The molecule has 0 spiro atoms. The molecule has 12 heavy (non-hydrogen) atoms. The van der Waals surface area contributed by atoms with Gasteiger partial charge in [0.15, 0.2) is 0 Å². The van der Waals surface area contributed by atoms with Gasteiger partial charge in [0, 0.05) is 4.47 Å². The fourth-order valence-corrected chi connectivity index (χ4v) is 1.39. The zero-order chi connectivity index (χ0) is 8.97. The van der Waals surface area contributed by atoms with Gasteiger partial charge in [-0.2, -0.15) is 0 Å². The topological polar surface area (TPSA) is 29.1 Å². The third kappa shape index (κ3) is 2.22. The molecule has 1 rings (SSSR count). The number of alkyl halides is 1. The van der Waals surface area contributed by atoms with Crippen molar-refractivity contribution >= 4 is 33.4 Å². The fraction of sp³-hybridized carbons (Fsp3) is 0.125. The molecule has 0 aromatic heterocycles. The van der Waals surface area contributed by atoms with Crippen LogP contribution in [0, 0.1) is 0 Å². The van der Waals surface area contributed by atoms with Gasteiger partial charge in [-0.15, -0.1) is 11.6 Å². The minimum absolute atomic E-state index is 0.125. The van der Waals surface area contributed by atoms with E-state index in [1.54, 1.807) is 12.1 Å². The molecule has 1 aromatic rings. The number of rotatable bonds is 2. The maximum absolute atomic E-state index is 11.2. The highest BCUT2D eigenvalue weighted by molar-refractivity contribution is 9.10. The Hall–Kier alpha value is -0.540. The predicted octanol–water partition coefficient (Wildman–Crippen LogP) is 2.38. The summed E-state index contributed by atoms with van der Waals surface area (Å²) in [5.41, 5.74) is 0.596. The van der Waals surface area contributed by atoms with E-state index in [1.165, 1.54) is 0 Å². The van der Waals surface area contributed by atoms with Crippen LogP contribution in [0.3, 0.4) is 0 Å². The Kier molecular flexibility index (Phi) is 3.56. The lowest BCUT2D eigenvalue weighted by atomic mass is 10.2. The molecule has 0 radical (unpaired) electrons. The zero-order valence-corrected chi connectivity index (χ0v) is 8.52. The average Bonchev–Trinajstić information content (AvgIpc) is 2.05. The van der Waals surface area contributed by atoms with E-state index in [1.807, 2.05) is 12.1 Å². The van der Waals surface area contributed by atoms with Crippen molar-refractivity contribution in [1.82, 2.24) is 5.32 Å². The minimum atomic E-state index is -0.169. The smallest absolute Gasteiger partial charge is 0.253 e. The highest BCUT2D eigenvalue weighted by Gasteiger charge is 2.06. The molecular formula is C8H7BrClNO. The summed E-state index contributed by atoms with van der Waals surface area (Å²) in [5, 5.41) is 2.50. The molecule has 0 bridgehead atoms. The van der Waals surface area contributed by atoms with Crippen molar-refractivity contribution in [3.63, 3.8) is 0 Å². The third-order valence-electron chi connectivity index (χ3n) is 1.35. The van der Waals surface area contributed by atoms with Crippen LogP contribution in [0.25, 0.3) is 0 Å². The van der Waals surface area contributed by atoms with Gasteiger partial charge in [-0.3, -0.25) is 4.79 Å². The first-order valence-corrected chi connectivity index (χ1v) is 4.67. The van der Waals surface area contributed by atoms with Crippen molar-refractivity contribution in [3.05, 3.63) is 34.3 Å². The number of halogens is 2. The molecule has 0 heterocycles. The minimum Gasteiger partial charge on any atom is -0.338 e. The van der Waals surface area contributed by atoms with E-state index >= 15 is 0 Å². The average molecular weight is 249 g/mol. The van der Waals surface area contributed by atoms with Crippen molar-refractivity contribution in [1.29, 1.82) is 0 Å². The number of hydrogen-bond acceptors (Lipinski definition) is 1. The molecule has 1 aromatic carbocycles. The maximum atomic E-state index is 11.2. The van der Waals surface area contributed by atoms with Gasteiger partial charge in [-0.05, 0) is 28.1 Å². The predicted molar refractivity (Wildman–Crippen MR) is 52.3 cm³/mol. The Bertz CT molecular complexity index is 290. The highest BCUT2D eigenvalue weighted by Crippen LogP contribution is 2.15. The molecule has 0 saturated heterocycles. The van der Waals surface area contributed by atoms with Gasteiger partial charge in [0.2, 0.25) is 0 Å². The lowest BCUT2D eigenvalue weighted by Crippen LogP contribution is -2.21. The monoisotopic (exact) mass is 247 g/mol. The molecule has 0 unspecified atom stereocenters. The summed E-state index contributed by atoms with van der Waals surface area (Å²) >= 11 is 8.61. The number of nitrogens with one attached hydrogen (secondary N) is 1. The van der Waals surface area contributed by atoms with Crippen LogP contribution in [0.2, 0.25) is 0 Å². The van der Waals surface area contributed by atoms with Gasteiger partial charge in [-0.1, -0.05) is 12.1 Å². The van der Waals surface area contributed by atoms with Crippen molar-refractivity contribution in [3.8, 4) is 0 Å². The third-order valence-corrected chi connectivity index (χ3v) is 2.17. The zero-order valence-electron chi connectivity index (χ0n) is 6.18. The van der Waals surface area contributed by atoms with Crippen molar-refractivity contribution in [2.45, 2.75) is 0 Å². The van der Waals surface area contributed by atoms with Crippen LogP contribution < -0.4 is 5.32 Å². The molecule has 64 valence electrons. The first-order chi connectivity index (χ1) is 5.75. The van der Waals surface area contributed by atoms with Crippen LogP contribution in [0.15, 0.2) is 28.7 Å². The van der Waals surface area contributed by atoms with E-state index in [0.717, 1.165) is 4.47 Å². The van der Waals surface area contributed by atoms with Crippen LogP contribution in [0.4, 0.5) is 0 Å². The molecule has 0 aliphatic carbocycles. The van der Waals surface area contributed by atoms with Crippen molar-refractivity contribution < 1.29 is 4.79 Å². The van der Waals surface area contributed by atoms with E-state index in [9.17, 15) is 4.79 Å². The quantitative estimate of drug-likeness (QED) is 0.632. The van der Waals surface area contributed by atoms with Crippen LogP contribution >= 0.6 is 27.5 Å². The number of carbonyl (C=O) groups is 1. The number of amides is 1. The van der Waals surface area contributed by atoms with Gasteiger partial charge in [0.25, 0.3) is 5.91 Å². The summed E-state index contributed by atoms with van der Waals surface area (Å²) in [6.45, 7) is 0. The first kappa shape index (κ1) is 9.55. The molecule has 0 aliphatic heterocycles. The van der Waals surface area contributed by atoms with E-state index in [0.29, 0.717) is 5.56 Å². The fourth-order valence-electron chi connectivity index (χ4n) is 0.801. The Labute approximate surface area is 84.0 Å². The normalized spacial score (nSPS) is 9.50. The summed E-state index contributed by atoms with van der Waals surface area (Å²) in [6, 6.07) is 7.31. The van der Waals surface area contributed by atoms with Gasteiger partial charge >= 0.3 is 0 Å². The summed E-state index contributed by atoms with van der Waals surface area (Å²) in [4.78, 5) is 11.2. The molecular weight excluding hydrogens is 241 g/mol. The SMILES string of the molecule is O=C(NCCl)c1ccccc1Br. The summed E-state index contributed by atoms with van der Waals surface area (Å²) < 4.78 is 0.771. The Morgan fingerprint density at radius 3 is 2.75 bits per heavy atom. The Morgan fingerprint density at radius 2 is 2.17 bits per heavy atom. The second-order valence-electron chi connectivity index (χ2n) is 2.12. The van der Waals surface area contributed by atoms with E-state index in [2.05, 4.69) is 21.2 Å². The summed E-state index contributed by atoms with van der Waals surface area (Å²) in [5.74, 6) is -0.169. The number of hydrogen-bond donors (Lipinski definition) is 1. The van der Waals surface area contributed by atoms with E-state index in [4.69, 9.17) is 11.6 Å². The molecule has 1 amide bonds. The second-order valence-corrected chi connectivity index (χ2v) is 3.24. The second kappa shape index (κ2) is 4.48.